The molecule has 1 unspecified atom stereocenters. The van der Waals surface area contributed by atoms with Crippen LogP contribution in [0.4, 0.5) is 10.3 Å². The van der Waals surface area contributed by atoms with E-state index in [1.807, 2.05) is 4.90 Å². The van der Waals surface area contributed by atoms with Gasteiger partial charge in [0.2, 0.25) is 23.7 Å². The van der Waals surface area contributed by atoms with Gasteiger partial charge in [-0.25, -0.2) is 14.4 Å². The van der Waals surface area contributed by atoms with Crippen molar-refractivity contribution in [2.75, 3.05) is 31.1 Å². The SMILES string of the molecule is O=C(CC1(c2cccc(F)c2)CC(=O)N(C2CCCC2)C1=O)N1CCN(c2ncccn2)CC1. The number of amides is 3. The summed E-state index contributed by atoms with van der Waals surface area (Å²) in [6.45, 7) is 2.07. The summed E-state index contributed by atoms with van der Waals surface area (Å²) in [7, 11) is 0. The van der Waals surface area contributed by atoms with Gasteiger partial charge in [-0.2, -0.15) is 0 Å². The molecule has 1 aromatic heterocycles. The first-order valence-electron chi connectivity index (χ1n) is 11.9. The predicted molar refractivity (Wildman–Crippen MR) is 122 cm³/mol. The van der Waals surface area contributed by atoms with E-state index < -0.39 is 11.2 Å². The Morgan fingerprint density at radius 1 is 1.03 bits per heavy atom. The second kappa shape index (κ2) is 9.12. The summed E-state index contributed by atoms with van der Waals surface area (Å²) in [5, 5.41) is 0. The van der Waals surface area contributed by atoms with E-state index in [4.69, 9.17) is 0 Å². The monoisotopic (exact) mass is 465 g/mol. The van der Waals surface area contributed by atoms with Crippen LogP contribution in [-0.2, 0) is 19.8 Å². The van der Waals surface area contributed by atoms with E-state index in [1.165, 1.54) is 23.1 Å². The highest BCUT2D eigenvalue weighted by Crippen LogP contribution is 2.43. The number of rotatable bonds is 5. The molecule has 2 aromatic rings. The summed E-state index contributed by atoms with van der Waals surface area (Å²) < 4.78 is 14.2. The van der Waals surface area contributed by atoms with Gasteiger partial charge in [-0.05, 0) is 36.6 Å². The van der Waals surface area contributed by atoms with Gasteiger partial charge in [0.15, 0.2) is 0 Å². The molecule has 0 spiro atoms. The number of hydrogen-bond acceptors (Lipinski definition) is 6. The summed E-state index contributed by atoms with van der Waals surface area (Å²) in [6, 6.07) is 7.42. The van der Waals surface area contributed by atoms with Crippen LogP contribution in [0.15, 0.2) is 42.7 Å². The van der Waals surface area contributed by atoms with E-state index in [-0.39, 0.29) is 36.6 Å². The fourth-order valence-corrected chi connectivity index (χ4v) is 5.53. The highest BCUT2D eigenvalue weighted by Gasteiger charge is 2.56. The average molecular weight is 466 g/mol. The predicted octanol–water partition coefficient (Wildman–Crippen LogP) is 2.29. The maximum Gasteiger partial charge on any atom is 0.241 e. The minimum absolute atomic E-state index is 0.102. The zero-order chi connectivity index (χ0) is 23.7. The normalized spacial score (nSPS) is 23.7. The van der Waals surface area contributed by atoms with Gasteiger partial charge in [0.05, 0.1) is 5.41 Å². The molecular weight excluding hydrogens is 437 g/mol. The number of benzene rings is 1. The Morgan fingerprint density at radius 3 is 2.41 bits per heavy atom. The Kier molecular flexibility index (Phi) is 6.02. The van der Waals surface area contributed by atoms with Crippen molar-refractivity contribution < 1.29 is 18.8 Å². The fourth-order valence-electron chi connectivity index (χ4n) is 5.53. The number of likely N-dealkylation sites (tertiary alicyclic amines) is 1. The molecule has 9 heteroatoms. The number of carbonyl (C=O) groups is 3. The van der Waals surface area contributed by atoms with Crippen molar-refractivity contribution in [2.45, 2.75) is 50.0 Å². The number of piperazine rings is 1. The topological polar surface area (TPSA) is 86.7 Å². The molecule has 1 atom stereocenters. The summed E-state index contributed by atoms with van der Waals surface area (Å²) >= 11 is 0. The van der Waals surface area contributed by atoms with E-state index in [9.17, 15) is 18.8 Å². The number of aromatic nitrogens is 2. The highest BCUT2D eigenvalue weighted by atomic mass is 19.1. The lowest BCUT2D eigenvalue weighted by molar-refractivity contribution is -0.144. The number of halogens is 1. The van der Waals surface area contributed by atoms with Gasteiger partial charge in [0.1, 0.15) is 5.82 Å². The van der Waals surface area contributed by atoms with Crippen molar-refractivity contribution >= 4 is 23.7 Å². The molecule has 8 nitrogen and oxygen atoms in total. The molecule has 5 rings (SSSR count). The zero-order valence-corrected chi connectivity index (χ0v) is 19.0. The average Bonchev–Trinajstić information content (AvgIpc) is 3.46. The Labute approximate surface area is 197 Å². The lowest BCUT2D eigenvalue weighted by atomic mass is 9.75. The first kappa shape index (κ1) is 22.4. The number of hydrogen-bond donors (Lipinski definition) is 0. The first-order chi connectivity index (χ1) is 16.5. The molecule has 3 heterocycles. The van der Waals surface area contributed by atoms with Crippen LogP contribution in [0.3, 0.4) is 0 Å². The van der Waals surface area contributed by atoms with Crippen molar-refractivity contribution in [3.63, 3.8) is 0 Å². The van der Waals surface area contributed by atoms with Crippen LogP contribution in [0.5, 0.6) is 0 Å². The van der Waals surface area contributed by atoms with E-state index in [0.717, 1.165) is 25.7 Å². The summed E-state index contributed by atoms with van der Waals surface area (Å²) in [6.07, 6.45) is 6.64. The van der Waals surface area contributed by atoms with Crippen molar-refractivity contribution in [1.29, 1.82) is 0 Å². The van der Waals surface area contributed by atoms with Crippen molar-refractivity contribution in [2.24, 2.45) is 0 Å². The Balaban J connectivity index is 1.37. The minimum atomic E-state index is -1.36. The molecule has 0 bridgehead atoms. The van der Waals surface area contributed by atoms with Crippen LogP contribution in [0.1, 0.15) is 44.1 Å². The second-order valence-electron chi connectivity index (χ2n) is 9.37. The van der Waals surface area contributed by atoms with Crippen molar-refractivity contribution in [3.8, 4) is 0 Å². The fraction of sp³-hybridized carbons (Fsp3) is 0.480. The third-order valence-electron chi connectivity index (χ3n) is 7.34. The summed E-state index contributed by atoms with van der Waals surface area (Å²) in [4.78, 5) is 53.9. The molecule has 1 aromatic carbocycles. The van der Waals surface area contributed by atoms with Gasteiger partial charge in [-0.3, -0.25) is 19.3 Å². The minimum Gasteiger partial charge on any atom is -0.339 e. The second-order valence-corrected chi connectivity index (χ2v) is 9.37. The summed E-state index contributed by atoms with van der Waals surface area (Å²) in [5.74, 6) is -0.693. The molecule has 1 saturated carbocycles. The molecule has 2 saturated heterocycles. The third-order valence-corrected chi connectivity index (χ3v) is 7.34. The van der Waals surface area contributed by atoms with Crippen LogP contribution in [0, 0.1) is 5.82 Å². The standard InChI is InChI=1S/C25H28FN5O3/c26-19-6-3-5-18(15-19)25(17-22(33)31(23(25)34)20-7-1-2-8-20)16-21(32)29-11-13-30(14-12-29)24-27-9-4-10-28-24/h3-6,9-10,15,20H,1-2,7-8,11-14,16-17H2. The van der Waals surface area contributed by atoms with Crippen molar-refractivity contribution in [1.82, 2.24) is 19.8 Å². The van der Waals surface area contributed by atoms with E-state index in [0.29, 0.717) is 37.7 Å². The Hall–Kier alpha value is -3.36. The van der Waals surface area contributed by atoms with E-state index in [2.05, 4.69) is 9.97 Å². The van der Waals surface area contributed by atoms with Gasteiger partial charge in [-0.15, -0.1) is 0 Å². The smallest absolute Gasteiger partial charge is 0.241 e. The van der Waals surface area contributed by atoms with Crippen LogP contribution in [0.25, 0.3) is 0 Å². The van der Waals surface area contributed by atoms with Gasteiger partial charge in [0.25, 0.3) is 0 Å². The lowest BCUT2D eigenvalue weighted by Crippen LogP contribution is -2.51. The maximum absolute atomic E-state index is 14.2. The first-order valence-corrected chi connectivity index (χ1v) is 11.9. The van der Waals surface area contributed by atoms with Crippen LogP contribution in [0.2, 0.25) is 0 Å². The molecule has 2 aliphatic heterocycles. The van der Waals surface area contributed by atoms with Gasteiger partial charge < -0.3 is 9.80 Å². The Bertz CT molecular complexity index is 1080. The van der Waals surface area contributed by atoms with Gasteiger partial charge in [0, 0.05) is 57.5 Å². The molecule has 3 aliphatic rings. The van der Waals surface area contributed by atoms with Crippen LogP contribution in [-0.4, -0.2) is 69.7 Å². The van der Waals surface area contributed by atoms with Crippen LogP contribution >= 0.6 is 0 Å². The molecule has 178 valence electrons. The quantitative estimate of drug-likeness (QED) is 0.630. The number of carbonyl (C=O) groups excluding carboxylic acids is 3. The number of anilines is 1. The molecule has 0 radical (unpaired) electrons. The van der Waals surface area contributed by atoms with E-state index in [1.54, 1.807) is 29.4 Å². The van der Waals surface area contributed by atoms with Gasteiger partial charge >= 0.3 is 0 Å². The summed E-state index contributed by atoms with van der Waals surface area (Å²) in [5.41, 5.74) is -0.963. The third kappa shape index (κ3) is 4.03. The van der Waals surface area contributed by atoms with Gasteiger partial charge in [-0.1, -0.05) is 25.0 Å². The number of imide groups is 1. The lowest BCUT2D eigenvalue weighted by Gasteiger charge is -2.37. The van der Waals surface area contributed by atoms with Crippen molar-refractivity contribution in [3.05, 3.63) is 54.1 Å². The molecule has 1 aliphatic carbocycles. The maximum atomic E-state index is 14.2. The molecule has 3 amide bonds. The molecule has 34 heavy (non-hydrogen) atoms. The number of nitrogens with zero attached hydrogens (tertiary/aromatic N) is 5. The van der Waals surface area contributed by atoms with E-state index >= 15 is 0 Å². The Morgan fingerprint density at radius 2 is 1.74 bits per heavy atom. The molecular formula is C25H28FN5O3. The molecule has 3 fully saturated rings. The largest absolute Gasteiger partial charge is 0.339 e. The highest BCUT2D eigenvalue weighted by molar-refractivity contribution is 6.11. The zero-order valence-electron chi connectivity index (χ0n) is 19.0. The van der Waals surface area contributed by atoms with Crippen LogP contribution < -0.4 is 4.90 Å². The molecule has 0 N–H and O–H groups in total.